The molecule has 0 radical (unpaired) electrons. The van der Waals surface area contributed by atoms with Gasteiger partial charge in [-0.2, -0.15) is 4.98 Å². The van der Waals surface area contributed by atoms with E-state index in [0.29, 0.717) is 28.3 Å². The molecule has 0 N–H and O–H groups in total. The van der Waals surface area contributed by atoms with Gasteiger partial charge in [0.25, 0.3) is 0 Å². The van der Waals surface area contributed by atoms with Crippen molar-refractivity contribution in [2.24, 2.45) is 0 Å². The van der Waals surface area contributed by atoms with Gasteiger partial charge in [-0.15, -0.1) is 0 Å². The predicted octanol–water partition coefficient (Wildman–Crippen LogP) is 5.27. The maximum atomic E-state index is 13.0. The molecule has 134 valence electrons. The Bertz CT molecular complexity index is 872. The SMILES string of the molecule is CCc1cc(Oc2ccccc2OC)nc(SCc2ccc(F)cc2)n1. The average Bonchev–Trinajstić information content (AvgIpc) is 2.68. The van der Waals surface area contributed by atoms with Crippen LogP contribution in [0.1, 0.15) is 18.2 Å². The molecule has 0 spiro atoms. The van der Waals surface area contributed by atoms with Crippen LogP contribution in [0.3, 0.4) is 0 Å². The Labute approximate surface area is 156 Å². The van der Waals surface area contributed by atoms with Crippen molar-refractivity contribution < 1.29 is 13.9 Å². The van der Waals surface area contributed by atoms with Crippen LogP contribution in [0.4, 0.5) is 4.39 Å². The highest BCUT2D eigenvalue weighted by molar-refractivity contribution is 7.98. The van der Waals surface area contributed by atoms with Crippen molar-refractivity contribution in [2.75, 3.05) is 7.11 Å². The molecule has 0 aliphatic heterocycles. The van der Waals surface area contributed by atoms with Crippen LogP contribution in [-0.2, 0) is 12.2 Å². The zero-order valence-corrected chi connectivity index (χ0v) is 15.4. The normalized spacial score (nSPS) is 10.6. The molecule has 1 aromatic heterocycles. The number of hydrogen-bond acceptors (Lipinski definition) is 5. The summed E-state index contributed by atoms with van der Waals surface area (Å²) in [6.45, 7) is 2.03. The maximum absolute atomic E-state index is 13.0. The zero-order valence-electron chi connectivity index (χ0n) is 14.6. The topological polar surface area (TPSA) is 44.2 Å². The fourth-order valence-electron chi connectivity index (χ4n) is 2.29. The Hall–Kier alpha value is -2.60. The van der Waals surface area contributed by atoms with Gasteiger partial charge in [0.2, 0.25) is 5.88 Å². The van der Waals surface area contributed by atoms with E-state index < -0.39 is 0 Å². The van der Waals surface area contributed by atoms with Gasteiger partial charge >= 0.3 is 0 Å². The number of thioether (sulfide) groups is 1. The van der Waals surface area contributed by atoms with Gasteiger partial charge in [-0.05, 0) is 36.2 Å². The summed E-state index contributed by atoms with van der Waals surface area (Å²) in [5, 5.41) is 0.624. The monoisotopic (exact) mass is 370 g/mol. The number of methoxy groups -OCH3 is 1. The van der Waals surface area contributed by atoms with Gasteiger partial charge < -0.3 is 9.47 Å². The van der Waals surface area contributed by atoms with Crippen LogP contribution in [-0.4, -0.2) is 17.1 Å². The lowest BCUT2D eigenvalue weighted by Gasteiger charge is -2.11. The molecule has 0 saturated heterocycles. The van der Waals surface area contributed by atoms with E-state index in [1.807, 2.05) is 37.3 Å². The van der Waals surface area contributed by atoms with Crippen molar-refractivity contribution in [1.29, 1.82) is 0 Å². The summed E-state index contributed by atoms with van der Waals surface area (Å²) in [4.78, 5) is 9.02. The van der Waals surface area contributed by atoms with Crippen molar-refractivity contribution in [2.45, 2.75) is 24.3 Å². The summed E-state index contributed by atoms with van der Waals surface area (Å²) in [6, 6.07) is 15.7. The Morgan fingerprint density at radius 3 is 2.42 bits per heavy atom. The molecule has 0 unspecified atom stereocenters. The summed E-state index contributed by atoms with van der Waals surface area (Å²) in [5.41, 5.74) is 1.90. The molecular weight excluding hydrogens is 351 g/mol. The van der Waals surface area contributed by atoms with E-state index in [4.69, 9.17) is 9.47 Å². The lowest BCUT2D eigenvalue weighted by atomic mass is 10.2. The van der Waals surface area contributed by atoms with E-state index in [1.54, 1.807) is 19.2 Å². The van der Waals surface area contributed by atoms with Gasteiger partial charge in [0.1, 0.15) is 5.82 Å². The van der Waals surface area contributed by atoms with Gasteiger partial charge in [-0.1, -0.05) is 43.0 Å². The van der Waals surface area contributed by atoms with Gasteiger partial charge in [-0.3, -0.25) is 0 Å². The van der Waals surface area contributed by atoms with Crippen LogP contribution in [0.15, 0.2) is 59.8 Å². The van der Waals surface area contributed by atoms with Crippen LogP contribution in [0.2, 0.25) is 0 Å². The molecule has 1 heterocycles. The number of nitrogens with zero attached hydrogens (tertiary/aromatic N) is 2. The first kappa shape index (κ1) is 18.2. The molecule has 26 heavy (non-hydrogen) atoms. The number of benzene rings is 2. The largest absolute Gasteiger partial charge is 0.493 e. The van der Waals surface area contributed by atoms with E-state index in [9.17, 15) is 4.39 Å². The molecular formula is C20H19FN2O2S. The lowest BCUT2D eigenvalue weighted by molar-refractivity contribution is 0.372. The quantitative estimate of drug-likeness (QED) is 0.419. The first-order valence-electron chi connectivity index (χ1n) is 8.24. The van der Waals surface area contributed by atoms with Crippen LogP contribution in [0, 0.1) is 5.82 Å². The van der Waals surface area contributed by atoms with Crippen molar-refractivity contribution in [3.8, 4) is 17.4 Å². The highest BCUT2D eigenvalue weighted by Gasteiger charge is 2.10. The van der Waals surface area contributed by atoms with Crippen LogP contribution in [0.25, 0.3) is 0 Å². The Morgan fingerprint density at radius 1 is 1.00 bits per heavy atom. The minimum absolute atomic E-state index is 0.240. The third-order valence-corrected chi connectivity index (χ3v) is 4.58. The van der Waals surface area contributed by atoms with E-state index in [1.165, 1.54) is 23.9 Å². The van der Waals surface area contributed by atoms with Crippen molar-refractivity contribution in [3.63, 3.8) is 0 Å². The minimum Gasteiger partial charge on any atom is -0.493 e. The number of rotatable bonds is 7. The van der Waals surface area contributed by atoms with Gasteiger partial charge in [0.15, 0.2) is 16.7 Å². The molecule has 4 nitrogen and oxygen atoms in total. The summed E-state index contributed by atoms with van der Waals surface area (Å²) < 4.78 is 24.2. The average molecular weight is 370 g/mol. The zero-order chi connectivity index (χ0) is 18.4. The third-order valence-electron chi connectivity index (χ3n) is 3.66. The molecule has 2 aromatic carbocycles. The molecule has 0 saturated carbocycles. The number of aromatic nitrogens is 2. The molecule has 0 bridgehead atoms. The second kappa shape index (κ2) is 8.67. The summed E-state index contributed by atoms with van der Waals surface area (Å²) in [7, 11) is 1.60. The summed E-state index contributed by atoms with van der Waals surface area (Å²) in [6.07, 6.45) is 0.773. The van der Waals surface area contributed by atoms with E-state index in [2.05, 4.69) is 9.97 Å². The number of hydrogen-bond donors (Lipinski definition) is 0. The molecule has 0 aliphatic carbocycles. The van der Waals surface area contributed by atoms with E-state index in [0.717, 1.165) is 17.7 Å². The standard InChI is InChI=1S/C20H19FN2O2S/c1-3-16-12-19(25-18-7-5-4-6-17(18)24-2)23-20(22-16)26-13-14-8-10-15(21)11-9-14/h4-12H,3,13H2,1-2H3. The highest BCUT2D eigenvalue weighted by Crippen LogP contribution is 2.31. The second-order valence-corrected chi connectivity index (χ2v) is 6.44. The van der Waals surface area contributed by atoms with E-state index >= 15 is 0 Å². The fraction of sp³-hybridized carbons (Fsp3) is 0.200. The van der Waals surface area contributed by atoms with Crippen molar-refractivity contribution in [1.82, 2.24) is 9.97 Å². The first-order chi connectivity index (χ1) is 12.7. The second-order valence-electron chi connectivity index (χ2n) is 5.50. The van der Waals surface area contributed by atoms with Gasteiger partial charge in [0, 0.05) is 17.5 Å². The van der Waals surface area contributed by atoms with Crippen LogP contribution >= 0.6 is 11.8 Å². The third kappa shape index (κ3) is 4.73. The molecule has 3 rings (SSSR count). The Kier molecular flexibility index (Phi) is 6.07. The van der Waals surface area contributed by atoms with Crippen LogP contribution in [0.5, 0.6) is 17.4 Å². The first-order valence-corrected chi connectivity index (χ1v) is 9.22. The highest BCUT2D eigenvalue weighted by atomic mass is 32.2. The number of ether oxygens (including phenoxy) is 2. The van der Waals surface area contributed by atoms with Gasteiger partial charge in [-0.25, -0.2) is 9.37 Å². The van der Waals surface area contributed by atoms with Crippen LogP contribution < -0.4 is 9.47 Å². The summed E-state index contributed by atoms with van der Waals surface area (Å²) >= 11 is 1.49. The molecule has 0 aliphatic rings. The smallest absolute Gasteiger partial charge is 0.223 e. The predicted molar refractivity (Wildman–Crippen MR) is 100 cm³/mol. The summed E-state index contributed by atoms with van der Waals surface area (Å²) in [5.74, 6) is 2.13. The maximum Gasteiger partial charge on any atom is 0.223 e. The number of halogens is 1. The number of para-hydroxylation sites is 2. The fourth-order valence-corrected chi connectivity index (χ4v) is 3.12. The lowest BCUT2D eigenvalue weighted by Crippen LogP contribution is -1.98. The van der Waals surface area contributed by atoms with Crippen molar-refractivity contribution in [3.05, 3.63) is 71.7 Å². The Morgan fingerprint density at radius 2 is 1.73 bits per heavy atom. The molecule has 0 atom stereocenters. The molecule has 0 amide bonds. The molecule has 6 heteroatoms. The molecule has 0 fully saturated rings. The minimum atomic E-state index is -0.240. The van der Waals surface area contributed by atoms with Gasteiger partial charge in [0.05, 0.1) is 7.11 Å². The number of aryl methyl sites for hydroxylation is 1. The van der Waals surface area contributed by atoms with Crippen molar-refractivity contribution >= 4 is 11.8 Å². The Balaban J connectivity index is 1.78. The van der Waals surface area contributed by atoms with E-state index in [-0.39, 0.29) is 5.82 Å². The molecule has 3 aromatic rings.